The number of hydrogen-bond donors (Lipinski definition) is 1. The number of hydrogen-bond acceptors (Lipinski definition) is 8. The van der Waals surface area contributed by atoms with Crippen molar-refractivity contribution >= 4 is 39.9 Å². The summed E-state index contributed by atoms with van der Waals surface area (Å²) in [6.07, 6.45) is 3.03. The first kappa shape index (κ1) is 27.7. The molecular weight excluding hydrogens is 517 g/mol. The third kappa shape index (κ3) is 5.88. The van der Waals surface area contributed by atoms with Crippen molar-refractivity contribution in [3.63, 3.8) is 0 Å². The number of ether oxygens (including phenoxy) is 3. The monoisotopic (exact) mass is 543 g/mol. The molecule has 2 amide bonds. The summed E-state index contributed by atoms with van der Waals surface area (Å²) in [7, 11) is 4.41. The molecule has 2 heterocycles. The van der Waals surface area contributed by atoms with E-state index in [0.717, 1.165) is 0 Å². The number of halogens is 1. The summed E-state index contributed by atoms with van der Waals surface area (Å²) < 4.78 is 30.1. The quantitative estimate of drug-likeness (QED) is 0.229. The number of fused-ring (bicyclic) bond motifs is 1. The first-order valence-electron chi connectivity index (χ1n) is 11.9. The number of nitrogens with zero attached hydrogens (tertiary/aromatic N) is 4. The average molecular weight is 544 g/mol. The van der Waals surface area contributed by atoms with E-state index in [0.29, 0.717) is 45.3 Å². The summed E-state index contributed by atoms with van der Waals surface area (Å²) in [4.78, 5) is 39.8. The Hall–Kier alpha value is -5.32. The number of pyridine rings is 2. The van der Waals surface area contributed by atoms with Gasteiger partial charge in [-0.15, -0.1) is 0 Å². The number of carbonyl (C=O) groups is 2. The number of methoxy groups -OCH3 is 2. The van der Waals surface area contributed by atoms with Crippen molar-refractivity contribution in [2.75, 3.05) is 31.5 Å². The zero-order chi connectivity index (χ0) is 28.8. The third-order valence-corrected chi connectivity index (χ3v) is 5.72. The molecule has 0 aliphatic carbocycles. The average Bonchev–Trinajstić information content (AvgIpc) is 2.95. The first-order valence-corrected chi connectivity index (χ1v) is 11.9. The number of anilines is 2. The van der Waals surface area contributed by atoms with Crippen LogP contribution in [0.5, 0.6) is 23.0 Å². The van der Waals surface area contributed by atoms with E-state index in [1.54, 1.807) is 51.6 Å². The van der Waals surface area contributed by atoms with Crippen LogP contribution in [0.3, 0.4) is 0 Å². The van der Waals surface area contributed by atoms with Crippen LogP contribution in [-0.4, -0.2) is 48.8 Å². The highest BCUT2D eigenvalue weighted by Crippen LogP contribution is 2.36. The third-order valence-electron chi connectivity index (χ3n) is 5.72. The van der Waals surface area contributed by atoms with Crippen LogP contribution in [0.1, 0.15) is 6.92 Å². The number of aromatic nitrogens is 2. The molecule has 2 aromatic heterocycles. The van der Waals surface area contributed by atoms with Crippen molar-refractivity contribution in [2.45, 2.75) is 6.92 Å². The van der Waals surface area contributed by atoms with E-state index in [4.69, 9.17) is 14.2 Å². The second kappa shape index (κ2) is 12.0. The molecule has 0 fully saturated rings. The molecule has 4 rings (SSSR count). The van der Waals surface area contributed by atoms with Gasteiger partial charge in [0.05, 0.1) is 25.9 Å². The minimum absolute atomic E-state index is 0.168. The summed E-state index contributed by atoms with van der Waals surface area (Å²) in [5, 5.41) is 3.26. The van der Waals surface area contributed by atoms with Crippen LogP contribution in [0, 0.1) is 5.82 Å². The lowest BCUT2D eigenvalue weighted by molar-refractivity contribution is -0.115. The lowest BCUT2D eigenvalue weighted by Gasteiger charge is -2.23. The van der Waals surface area contributed by atoms with E-state index in [-0.39, 0.29) is 11.5 Å². The van der Waals surface area contributed by atoms with Crippen molar-refractivity contribution < 1.29 is 28.2 Å². The normalized spacial score (nSPS) is 11.1. The number of carbonyl (C=O) groups excluding carboxylic acids is 2. The molecule has 2 aromatic carbocycles. The summed E-state index contributed by atoms with van der Waals surface area (Å²) in [5.41, 5.74) is 0.923. The van der Waals surface area contributed by atoms with Crippen LogP contribution >= 0.6 is 0 Å². The number of nitrogens with one attached hydrogen (secondary N) is 1. The number of aliphatic imine (C=N–C) groups is 1. The van der Waals surface area contributed by atoms with E-state index in [2.05, 4.69) is 26.9 Å². The Bertz CT molecular complexity index is 1600. The van der Waals surface area contributed by atoms with E-state index in [1.807, 2.05) is 0 Å². The van der Waals surface area contributed by atoms with Gasteiger partial charge in [0, 0.05) is 36.1 Å². The highest BCUT2D eigenvalue weighted by Gasteiger charge is 2.27. The maximum absolute atomic E-state index is 13.4. The van der Waals surface area contributed by atoms with Gasteiger partial charge in [0.2, 0.25) is 0 Å². The Balaban J connectivity index is 1.50. The molecule has 0 atom stereocenters. The number of benzene rings is 2. The topological polar surface area (TPSA) is 115 Å². The Morgan fingerprint density at radius 2 is 1.68 bits per heavy atom. The number of amides is 2. The fourth-order valence-corrected chi connectivity index (χ4v) is 3.85. The summed E-state index contributed by atoms with van der Waals surface area (Å²) in [6.45, 7) is 5.39. The Labute approximate surface area is 229 Å². The molecular formula is C29H26FN5O5. The van der Waals surface area contributed by atoms with Gasteiger partial charge in [-0.2, -0.15) is 0 Å². The maximum Gasteiger partial charge on any atom is 0.286 e. The molecule has 0 saturated carbocycles. The molecule has 0 spiro atoms. The summed E-state index contributed by atoms with van der Waals surface area (Å²) >= 11 is 0. The van der Waals surface area contributed by atoms with Crippen LogP contribution in [0.4, 0.5) is 15.9 Å². The summed E-state index contributed by atoms with van der Waals surface area (Å²) in [5.74, 6) is 0.174. The van der Waals surface area contributed by atoms with Crippen LogP contribution in [0.2, 0.25) is 0 Å². The Morgan fingerprint density at radius 3 is 2.27 bits per heavy atom. The molecule has 0 aliphatic heterocycles. The van der Waals surface area contributed by atoms with Gasteiger partial charge in [0.25, 0.3) is 11.8 Å². The van der Waals surface area contributed by atoms with Gasteiger partial charge in [-0.3, -0.25) is 24.5 Å². The standard InChI is InChI=1S/C29H26FN5O5/c1-17(2)35(19-8-6-18(30)7-9-19)29(37)27(31-3)28(36)34-26-11-10-20(16-33-26)40-23-12-13-32-22-15-25(39-5)24(38-4)14-21(22)23/h6-16H,1H2,2-5H3,(H,33,34,36). The Morgan fingerprint density at radius 1 is 0.975 bits per heavy atom. The van der Waals surface area contributed by atoms with Crippen molar-refractivity contribution in [2.24, 2.45) is 4.99 Å². The zero-order valence-electron chi connectivity index (χ0n) is 22.3. The van der Waals surface area contributed by atoms with Gasteiger partial charge in [0.1, 0.15) is 23.1 Å². The molecule has 40 heavy (non-hydrogen) atoms. The largest absolute Gasteiger partial charge is 0.493 e. The fourth-order valence-electron chi connectivity index (χ4n) is 3.85. The minimum Gasteiger partial charge on any atom is -0.493 e. The highest BCUT2D eigenvalue weighted by atomic mass is 19.1. The molecule has 10 nitrogen and oxygen atoms in total. The van der Waals surface area contributed by atoms with Crippen molar-refractivity contribution in [3.8, 4) is 23.0 Å². The first-order chi connectivity index (χ1) is 19.2. The van der Waals surface area contributed by atoms with Gasteiger partial charge in [-0.05, 0) is 55.5 Å². The molecule has 0 bridgehead atoms. The molecule has 4 aromatic rings. The van der Waals surface area contributed by atoms with Crippen LogP contribution in [-0.2, 0) is 9.59 Å². The van der Waals surface area contributed by atoms with Crippen LogP contribution < -0.4 is 24.4 Å². The molecule has 204 valence electrons. The van der Waals surface area contributed by atoms with Crippen LogP contribution in [0.15, 0.2) is 84.3 Å². The predicted octanol–water partition coefficient (Wildman–Crippen LogP) is 5.15. The van der Waals surface area contributed by atoms with Gasteiger partial charge >= 0.3 is 0 Å². The zero-order valence-corrected chi connectivity index (χ0v) is 22.3. The maximum atomic E-state index is 13.4. The second-order valence-corrected chi connectivity index (χ2v) is 8.39. The fraction of sp³-hybridized carbons (Fsp3) is 0.138. The van der Waals surface area contributed by atoms with Crippen LogP contribution in [0.25, 0.3) is 10.9 Å². The van der Waals surface area contributed by atoms with Gasteiger partial charge in [-0.25, -0.2) is 9.37 Å². The summed E-state index contributed by atoms with van der Waals surface area (Å²) in [6, 6.07) is 13.6. The SMILES string of the molecule is C=C(C)N(C(=O)C(=NC)C(=O)Nc1ccc(Oc2ccnc3cc(OC)c(OC)cc23)cn1)c1ccc(F)cc1. The predicted molar refractivity (Wildman–Crippen MR) is 150 cm³/mol. The Kier molecular flexibility index (Phi) is 8.33. The molecule has 0 unspecified atom stereocenters. The van der Waals surface area contributed by atoms with Crippen molar-refractivity contribution in [1.29, 1.82) is 0 Å². The molecule has 11 heteroatoms. The van der Waals surface area contributed by atoms with Crippen molar-refractivity contribution in [3.05, 3.63) is 85.1 Å². The lowest BCUT2D eigenvalue weighted by Crippen LogP contribution is -2.41. The minimum atomic E-state index is -0.775. The van der Waals surface area contributed by atoms with Gasteiger partial charge < -0.3 is 19.5 Å². The van der Waals surface area contributed by atoms with E-state index in [1.165, 1.54) is 48.5 Å². The highest BCUT2D eigenvalue weighted by molar-refractivity contribution is 6.69. The number of rotatable bonds is 9. The van der Waals surface area contributed by atoms with Gasteiger partial charge in [-0.1, -0.05) is 6.58 Å². The van der Waals surface area contributed by atoms with E-state index < -0.39 is 17.6 Å². The van der Waals surface area contributed by atoms with E-state index in [9.17, 15) is 14.0 Å². The smallest absolute Gasteiger partial charge is 0.286 e. The lowest BCUT2D eigenvalue weighted by atomic mass is 10.2. The number of allylic oxidation sites excluding steroid dienone is 1. The molecule has 0 saturated heterocycles. The second-order valence-electron chi connectivity index (χ2n) is 8.39. The van der Waals surface area contributed by atoms with Crippen molar-refractivity contribution in [1.82, 2.24) is 9.97 Å². The van der Waals surface area contributed by atoms with E-state index >= 15 is 0 Å². The molecule has 0 radical (unpaired) electrons. The van der Waals surface area contributed by atoms with Gasteiger partial charge in [0.15, 0.2) is 17.2 Å². The molecule has 1 N–H and O–H groups in total. The molecule has 0 aliphatic rings.